The second-order valence-electron chi connectivity index (χ2n) is 4.14. The number of nitrogens with one attached hydrogen (secondary N) is 3. The van der Waals surface area contributed by atoms with Crippen molar-refractivity contribution in [2.75, 3.05) is 13.6 Å². The second-order valence-corrected chi connectivity index (χ2v) is 4.14. The average Bonchev–Trinajstić information content (AvgIpc) is 2.27. The van der Waals surface area contributed by atoms with Crippen LogP contribution in [0, 0.1) is 11.8 Å². The fourth-order valence-corrected chi connectivity index (χ4v) is 2.01. The molecule has 1 aliphatic carbocycles. The molecular weight excluding hydrogens is 210 g/mol. The number of carbonyl (C=O) groups excluding carboxylic acids is 1. The maximum Gasteiger partial charge on any atom is 0.329 e. The summed E-state index contributed by atoms with van der Waals surface area (Å²) in [4.78, 5) is 21.8. The van der Waals surface area contributed by atoms with Gasteiger partial charge in [0.1, 0.15) is 0 Å². The van der Waals surface area contributed by atoms with Gasteiger partial charge in [-0.2, -0.15) is 0 Å². The molecule has 0 unspecified atom stereocenters. The number of hydrogen-bond donors (Lipinski definition) is 4. The van der Waals surface area contributed by atoms with E-state index in [2.05, 4.69) is 16.2 Å². The van der Waals surface area contributed by atoms with Gasteiger partial charge >= 0.3 is 12.0 Å². The molecule has 0 heterocycles. The Morgan fingerprint density at radius 2 is 1.88 bits per heavy atom. The minimum Gasteiger partial charge on any atom is -0.481 e. The summed E-state index contributed by atoms with van der Waals surface area (Å²) in [5.74, 6) is -0.486. The van der Waals surface area contributed by atoms with E-state index in [1.807, 2.05) is 0 Å². The van der Waals surface area contributed by atoms with Crippen LogP contribution in [0.5, 0.6) is 0 Å². The number of amides is 2. The van der Waals surface area contributed by atoms with Gasteiger partial charge in [-0.15, -0.1) is 0 Å². The highest BCUT2D eigenvalue weighted by Crippen LogP contribution is 2.28. The highest BCUT2D eigenvalue weighted by atomic mass is 16.4. The number of carboxylic acids is 1. The van der Waals surface area contributed by atoms with Gasteiger partial charge in [0.15, 0.2) is 0 Å². The van der Waals surface area contributed by atoms with Crippen LogP contribution < -0.4 is 16.2 Å². The van der Waals surface area contributed by atoms with Crippen molar-refractivity contribution in [3.63, 3.8) is 0 Å². The lowest BCUT2D eigenvalue weighted by atomic mass is 9.82. The van der Waals surface area contributed by atoms with E-state index in [1.165, 1.54) is 0 Å². The Morgan fingerprint density at radius 1 is 1.25 bits per heavy atom. The lowest BCUT2D eigenvalue weighted by molar-refractivity contribution is -0.143. The van der Waals surface area contributed by atoms with Crippen LogP contribution in [0.15, 0.2) is 0 Å². The first-order chi connectivity index (χ1) is 7.63. The smallest absolute Gasteiger partial charge is 0.329 e. The normalized spacial score (nSPS) is 24.8. The van der Waals surface area contributed by atoms with Crippen molar-refractivity contribution in [1.29, 1.82) is 0 Å². The maximum absolute atomic E-state index is 11.1. The molecule has 6 heteroatoms. The van der Waals surface area contributed by atoms with E-state index < -0.39 is 5.97 Å². The van der Waals surface area contributed by atoms with E-state index in [9.17, 15) is 9.59 Å². The first-order valence-corrected chi connectivity index (χ1v) is 5.57. The highest BCUT2D eigenvalue weighted by molar-refractivity contribution is 5.73. The Kier molecular flexibility index (Phi) is 5.04. The molecule has 0 aromatic heterocycles. The number of hydrazine groups is 1. The number of carbonyl (C=O) groups is 2. The van der Waals surface area contributed by atoms with Gasteiger partial charge in [0.05, 0.1) is 5.92 Å². The molecule has 0 bridgehead atoms. The summed E-state index contributed by atoms with van der Waals surface area (Å²) >= 11 is 0. The zero-order chi connectivity index (χ0) is 12.0. The molecule has 0 radical (unpaired) electrons. The van der Waals surface area contributed by atoms with Crippen LogP contribution in [0.3, 0.4) is 0 Å². The first kappa shape index (κ1) is 12.8. The van der Waals surface area contributed by atoms with Crippen LogP contribution in [-0.4, -0.2) is 30.7 Å². The van der Waals surface area contributed by atoms with Gasteiger partial charge in [-0.1, -0.05) is 0 Å². The molecule has 16 heavy (non-hydrogen) atoms. The molecule has 0 spiro atoms. The Bertz CT molecular complexity index is 250. The second kappa shape index (κ2) is 6.32. The summed E-state index contributed by atoms with van der Waals surface area (Å²) in [6, 6.07) is -0.247. The summed E-state index contributed by atoms with van der Waals surface area (Å²) in [6.45, 7) is 0.611. The molecule has 92 valence electrons. The molecule has 0 atom stereocenters. The quantitative estimate of drug-likeness (QED) is 0.522. The molecule has 0 saturated heterocycles. The first-order valence-electron chi connectivity index (χ1n) is 5.57. The fourth-order valence-electron chi connectivity index (χ4n) is 2.01. The van der Waals surface area contributed by atoms with Crippen molar-refractivity contribution in [1.82, 2.24) is 16.2 Å². The minimum atomic E-state index is -0.695. The molecule has 1 aliphatic rings. The van der Waals surface area contributed by atoms with Crippen LogP contribution in [0.1, 0.15) is 25.7 Å². The van der Waals surface area contributed by atoms with Crippen molar-refractivity contribution in [2.24, 2.45) is 11.8 Å². The van der Waals surface area contributed by atoms with Crippen molar-refractivity contribution in [3.8, 4) is 0 Å². The standard InChI is InChI=1S/C10H19N3O3/c1-11-13-10(16)12-6-7-2-4-8(5-3-7)9(14)15/h7-8,11H,2-6H2,1H3,(H,14,15)(H2,12,13,16). The lowest BCUT2D eigenvalue weighted by Crippen LogP contribution is -2.44. The average molecular weight is 229 g/mol. The van der Waals surface area contributed by atoms with Crippen LogP contribution in [0.25, 0.3) is 0 Å². The van der Waals surface area contributed by atoms with Crippen LogP contribution >= 0.6 is 0 Å². The molecule has 0 aromatic carbocycles. The predicted octanol–water partition coefficient (Wildman–Crippen LogP) is 0.311. The van der Waals surface area contributed by atoms with E-state index in [1.54, 1.807) is 7.05 Å². The minimum absolute atomic E-state index is 0.192. The maximum atomic E-state index is 11.1. The van der Waals surface area contributed by atoms with E-state index in [-0.39, 0.29) is 11.9 Å². The van der Waals surface area contributed by atoms with Gasteiger partial charge in [0.2, 0.25) is 0 Å². The molecule has 6 nitrogen and oxygen atoms in total. The largest absolute Gasteiger partial charge is 0.481 e. The number of carboxylic acid groups (broad SMARTS) is 1. The number of rotatable bonds is 4. The van der Waals surface area contributed by atoms with Gasteiger partial charge in [0.25, 0.3) is 0 Å². The molecule has 2 amide bonds. The SMILES string of the molecule is CNNC(=O)NCC1CCC(C(=O)O)CC1. The number of hydrogen-bond acceptors (Lipinski definition) is 3. The monoisotopic (exact) mass is 229 g/mol. The summed E-state index contributed by atoms with van der Waals surface area (Å²) in [5.41, 5.74) is 4.96. The third kappa shape index (κ3) is 4.06. The molecule has 1 rings (SSSR count). The van der Waals surface area contributed by atoms with Crippen LogP contribution in [-0.2, 0) is 4.79 Å². The Labute approximate surface area is 94.8 Å². The van der Waals surface area contributed by atoms with Gasteiger partial charge in [-0.05, 0) is 31.6 Å². The Hall–Kier alpha value is -1.30. The van der Waals surface area contributed by atoms with E-state index in [4.69, 9.17) is 5.11 Å². The summed E-state index contributed by atoms with van der Waals surface area (Å²) in [5, 5.41) is 11.6. The fraction of sp³-hybridized carbons (Fsp3) is 0.800. The van der Waals surface area contributed by atoms with Crippen molar-refractivity contribution < 1.29 is 14.7 Å². The van der Waals surface area contributed by atoms with Crippen LogP contribution in [0.4, 0.5) is 4.79 Å². The van der Waals surface area contributed by atoms with E-state index in [0.29, 0.717) is 12.5 Å². The van der Waals surface area contributed by atoms with Crippen molar-refractivity contribution in [3.05, 3.63) is 0 Å². The Morgan fingerprint density at radius 3 is 2.38 bits per heavy atom. The van der Waals surface area contributed by atoms with E-state index in [0.717, 1.165) is 25.7 Å². The van der Waals surface area contributed by atoms with Crippen molar-refractivity contribution in [2.45, 2.75) is 25.7 Å². The zero-order valence-electron chi connectivity index (χ0n) is 9.45. The third-order valence-corrected chi connectivity index (χ3v) is 2.99. The molecule has 1 fully saturated rings. The summed E-state index contributed by atoms with van der Waals surface area (Å²) in [7, 11) is 1.62. The third-order valence-electron chi connectivity index (χ3n) is 2.99. The predicted molar refractivity (Wildman–Crippen MR) is 58.7 cm³/mol. The topological polar surface area (TPSA) is 90.5 Å². The zero-order valence-corrected chi connectivity index (χ0v) is 9.45. The van der Waals surface area contributed by atoms with Gasteiger partial charge < -0.3 is 10.4 Å². The highest BCUT2D eigenvalue weighted by Gasteiger charge is 2.25. The molecule has 0 aliphatic heterocycles. The number of urea groups is 1. The molecule has 0 aromatic rings. The van der Waals surface area contributed by atoms with Gasteiger partial charge in [-0.3, -0.25) is 10.2 Å². The summed E-state index contributed by atoms with van der Waals surface area (Å²) in [6.07, 6.45) is 3.18. The van der Waals surface area contributed by atoms with Crippen LogP contribution in [0.2, 0.25) is 0 Å². The molecular formula is C10H19N3O3. The molecule has 4 N–H and O–H groups in total. The van der Waals surface area contributed by atoms with Crippen molar-refractivity contribution >= 4 is 12.0 Å². The van der Waals surface area contributed by atoms with Gasteiger partial charge in [-0.25, -0.2) is 10.2 Å². The lowest BCUT2D eigenvalue weighted by Gasteiger charge is -2.26. The summed E-state index contributed by atoms with van der Waals surface area (Å²) < 4.78 is 0. The van der Waals surface area contributed by atoms with E-state index >= 15 is 0 Å². The molecule has 1 saturated carbocycles. The Balaban J connectivity index is 2.17. The number of aliphatic carboxylic acids is 1. The van der Waals surface area contributed by atoms with Gasteiger partial charge in [0, 0.05) is 13.6 Å².